The fraction of sp³-hybridized carbons (Fsp3) is 0.250. The molecule has 0 unspecified atom stereocenters. The molecule has 0 aliphatic heterocycles. The van der Waals surface area contributed by atoms with Gasteiger partial charge in [-0.1, -0.05) is 18.2 Å². The van der Waals surface area contributed by atoms with Crippen molar-refractivity contribution in [3.63, 3.8) is 0 Å². The molecule has 1 aliphatic carbocycles. The number of aromatic nitrogens is 2. The minimum absolute atomic E-state index is 0.0624. The number of aryl methyl sites for hydroxylation is 1. The first kappa shape index (κ1) is 17.1. The van der Waals surface area contributed by atoms with Crippen LogP contribution in [0, 0.1) is 6.92 Å². The third-order valence-corrected chi connectivity index (χ3v) is 5.01. The number of carbonyl (C=O) groups is 3. The Balaban J connectivity index is 1.42. The molecule has 4 N–H and O–H groups in total. The maximum atomic E-state index is 12.4. The fourth-order valence-electron chi connectivity index (χ4n) is 3.69. The van der Waals surface area contributed by atoms with Crippen LogP contribution in [0.4, 0.5) is 0 Å². The second-order valence-electron chi connectivity index (χ2n) is 6.79. The first-order valence-corrected chi connectivity index (χ1v) is 8.93. The molecule has 7 nitrogen and oxygen atoms in total. The molecule has 2 aromatic heterocycles. The lowest BCUT2D eigenvalue weighted by Crippen LogP contribution is -2.42. The van der Waals surface area contributed by atoms with Crippen LogP contribution in [0.5, 0.6) is 0 Å². The van der Waals surface area contributed by atoms with Crippen molar-refractivity contribution < 1.29 is 14.4 Å². The summed E-state index contributed by atoms with van der Waals surface area (Å²) in [5.41, 5.74) is 9.08. The van der Waals surface area contributed by atoms with E-state index < -0.39 is 5.91 Å². The van der Waals surface area contributed by atoms with Gasteiger partial charge in [-0.05, 0) is 37.0 Å². The number of hydrogen-bond donors (Lipinski definition) is 4. The maximum absolute atomic E-state index is 12.4. The highest BCUT2D eigenvalue weighted by Gasteiger charge is 2.26. The van der Waals surface area contributed by atoms with Gasteiger partial charge in [0.2, 0.25) is 5.91 Å². The molecule has 0 radical (unpaired) electrons. The zero-order valence-corrected chi connectivity index (χ0v) is 14.9. The number of fused-ring (bicyclic) bond motifs is 2. The van der Waals surface area contributed by atoms with E-state index in [0.717, 1.165) is 35.0 Å². The standard InChI is InChI=1S/C20H20N4O3/c1-11-18-15(7-4-8-16(18)25)22-19(11)20(27)24-23-17(26)9-12-10-21-14-6-3-2-5-13(12)14/h2-3,5-6,10,21-22H,4,7-9H2,1H3,(H,23,26)(H,24,27). The van der Waals surface area contributed by atoms with Crippen LogP contribution < -0.4 is 10.9 Å². The molecule has 0 saturated heterocycles. The molecule has 2 heterocycles. The predicted octanol–water partition coefficient (Wildman–Crippen LogP) is 2.33. The molecule has 0 atom stereocenters. The van der Waals surface area contributed by atoms with Crippen LogP contribution in [0.3, 0.4) is 0 Å². The van der Waals surface area contributed by atoms with Gasteiger partial charge >= 0.3 is 0 Å². The lowest BCUT2D eigenvalue weighted by molar-refractivity contribution is -0.121. The van der Waals surface area contributed by atoms with Crippen LogP contribution in [0.1, 0.15) is 50.5 Å². The van der Waals surface area contributed by atoms with E-state index in [1.807, 2.05) is 24.3 Å². The summed E-state index contributed by atoms with van der Waals surface area (Å²) < 4.78 is 0. The molecule has 2 amide bonds. The number of Topliss-reactive ketones (excluding diaryl/α,β-unsaturated/α-hetero) is 1. The van der Waals surface area contributed by atoms with E-state index >= 15 is 0 Å². The Labute approximate surface area is 155 Å². The Morgan fingerprint density at radius 1 is 1.15 bits per heavy atom. The van der Waals surface area contributed by atoms with E-state index in [1.54, 1.807) is 13.1 Å². The van der Waals surface area contributed by atoms with E-state index in [0.29, 0.717) is 23.2 Å². The Morgan fingerprint density at radius 3 is 2.78 bits per heavy atom. The Kier molecular flexibility index (Phi) is 4.27. The third kappa shape index (κ3) is 3.12. The zero-order chi connectivity index (χ0) is 19.0. The molecule has 0 bridgehead atoms. The van der Waals surface area contributed by atoms with Gasteiger partial charge in [0.1, 0.15) is 5.69 Å². The molecule has 27 heavy (non-hydrogen) atoms. The fourth-order valence-corrected chi connectivity index (χ4v) is 3.69. The van der Waals surface area contributed by atoms with Gasteiger partial charge in [0.05, 0.1) is 6.42 Å². The summed E-state index contributed by atoms with van der Waals surface area (Å²) in [6.07, 6.45) is 3.98. The molecule has 1 aromatic carbocycles. The monoisotopic (exact) mass is 364 g/mol. The topological polar surface area (TPSA) is 107 Å². The van der Waals surface area contributed by atoms with Crippen molar-refractivity contribution in [2.45, 2.75) is 32.6 Å². The number of benzene rings is 1. The van der Waals surface area contributed by atoms with E-state index in [-0.39, 0.29) is 18.1 Å². The van der Waals surface area contributed by atoms with Gasteiger partial charge in [0.15, 0.2) is 5.78 Å². The lowest BCUT2D eigenvalue weighted by atomic mass is 9.94. The van der Waals surface area contributed by atoms with Crippen molar-refractivity contribution in [1.29, 1.82) is 0 Å². The average molecular weight is 364 g/mol. The molecular formula is C20H20N4O3. The van der Waals surface area contributed by atoms with Crippen molar-refractivity contribution in [3.05, 3.63) is 58.5 Å². The number of nitrogens with one attached hydrogen (secondary N) is 4. The van der Waals surface area contributed by atoms with Gasteiger partial charge in [0.25, 0.3) is 5.91 Å². The number of ketones is 1. The van der Waals surface area contributed by atoms with E-state index in [2.05, 4.69) is 20.8 Å². The summed E-state index contributed by atoms with van der Waals surface area (Å²) >= 11 is 0. The molecule has 0 saturated carbocycles. The van der Waals surface area contributed by atoms with Crippen molar-refractivity contribution in [1.82, 2.24) is 20.8 Å². The molecule has 7 heteroatoms. The van der Waals surface area contributed by atoms with Gasteiger partial charge < -0.3 is 9.97 Å². The van der Waals surface area contributed by atoms with E-state index in [9.17, 15) is 14.4 Å². The first-order chi connectivity index (χ1) is 13.0. The number of aromatic amines is 2. The normalized spacial score (nSPS) is 13.4. The lowest BCUT2D eigenvalue weighted by Gasteiger charge is -2.09. The van der Waals surface area contributed by atoms with E-state index in [4.69, 9.17) is 0 Å². The van der Waals surface area contributed by atoms with Crippen LogP contribution in [-0.2, 0) is 17.6 Å². The Bertz CT molecular complexity index is 1060. The number of hydrazine groups is 1. The molecule has 4 rings (SSSR count). The quantitative estimate of drug-likeness (QED) is 0.536. The van der Waals surface area contributed by atoms with Crippen LogP contribution in [0.15, 0.2) is 30.5 Å². The van der Waals surface area contributed by atoms with E-state index in [1.165, 1.54) is 0 Å². The van der Waals surface area contributed by atoms with Crippen molar-refractivity contribution in [2.75, 3.05) is 0 Å². The summed E-state index contributed by atoms with van der Waals surface area (Å²) in [6, 6.07) is 7.72. The molecule has 1 aliphatic rings. The van der Waals surface area contributed by atoms with Crippen LogP contribution in [0.25, 0.3) is 10.9 Å². The smallest absolute Gasteiger partial charge is 0.286 e. The number of hydrogen-bond acceptors (Lipinski definition) is 3. The zero-order valence-electron chi connectivity index (χ0n) is 14.9. The SMILES string of the molecule is Cc1c(C(=O)NNC(=O)Cc2c[nH]c3ccccc23)[nH]c2c1C(=O)CCC2. The Hall–Kier alpha value is -3.35. The van der Waals surface area contributed by atoms with Crippen molar-refractivity contribution in [3.8, 4) is 0 Å². The number of rotatable bonds is 3. The minimum atomic E-state index is -0.457. The minimum Gasteiger partial charge on any atom is -0.361 e. The molecule has 3 aromatic rings. The van der Waals surface area contributed by atoms with Crippen molar-refractivity contribution in [2.24, 2.45) is 0 Å². The largest absolute Gasteiger partial charge is 0.361 e. The first-order valence-electron chi connectivity index (χ1n) is 8.93. The van der Waals surface area contributed by atoms with Gasteiger partial charge in [-0.25, -0.2) is 0 Å². The molecule has 138 valence electrons. The van der Waals surface area contributed by atoms with Crippen LogP contribution in [0.2, 0.25) is 0 Å². The average Bonchev–Trinajstić information content (AvgIpc) is 3.22. The summed E-state index contributed by atoms with van der Waals surface area (Å²) in [5, 5.41) is 0.977. The Morgan fingerprint density at radius 2 is 1.96 bits per heavy atom. The van der Waals surface area contributed by atoms with Gasteiger partial charge in [-0.2, -0.15) is 0 Å². The number of carbonyl (C=O) groups excluding carboxylic acids is 3. The number of H-pyrrole nitrogens is 2. The molecule has 0 fully saturated rings. The van der Waals surface area contributed by atoms with Crippen molar-refractivity contribution >= 4 is 28.5 Å². The molecular weight excluding hydrogens is 344 g/mol. The number of amides is 2. The number of para-hydroxylation sites is 1. The van der Waals surface area contributed by atoms with Crippen LogP contribution >= 0.6 is 0 Å². The summed E-state index contributed by atoms with van der Waals surface area (Å²) in [5.74, 6) is -0.715. The second kappa shape index (κ2) is 6.75. The summed E-state index contributed by atoms with van der Waals surface area (Å²) in [7, 11) is 0. The summed E-state index contributed by atoms with van der Waals surface area (Å²) in [6.45, 7) is 1.75. The van der Waals surface area contributed by atoms with Gasteiger partial charge in [-0.15, -0.1) is 0 Å². The van der Waals surface area contributed by atoms with Gasteiger partial charge in [0, 0.05) is 34.8 Å². The molecule has 0 spiro atoms. The highest BCUT2D eigenvalue weighted by molar-refractivity contribution is 6.04. The van der Waals surface area contributed by atoms with Gasteiger partial charge in [-0.3, -0.25) is 25.2 Å². The highest BCUT2D eigenvalue weighted by atomic mass is 16.2. The maximum Gasteiger partial charge on any atom is 0.286 e. The van der Waals surface area contributed by atoms with Crippen LogP contribution in [-0.4, -0.2) is 27.6 Å². The summed E-state index contributed by atoms with van der Waals surface area (Å²) in [4.78, 5) is 42.9. The third-order valence-electron chi connectivity index (χ3n) is 5.01. The highest BCUT2D eigenvalue weighted by Crippen LogP contribution is 2.26. The predicted molar refractivity (Wildman–Crippen MR) is 100 cm³/mol. The second-order valence-corrected chi connectivity index (χ2v) is 6.79.